The van der Waals surface area contributed by atoms with Crippen molar-refractivity contribution in [2.45, 2.75) is 19.8 Å². The summed E-state index contributed by atoms with van der Waals surface area (Å²) in [7, 11) is 0. The summed E-state index contributed by atoms with van der Waals surface area (Å²) in [5, 5.41) is 9.20. The second kappa shape index (κ2) is 6.55. The maximum absolute atomic E-state index is 12.3. The molecule has 0 bridgehead atoms. The van der Waals surface area contributed by atoms with Crippen LogP contribution >= 0.6 is 0 Å². The molecule has 0 saturated heterocycles. The van der Waals surface area contributed by atoms with Gasteiger partial charge in [0, 0.05) is 0 Å². The van der Waals surface area contributed by atoms with E-state index in [-0.39, 0.29) is 12.1 Å². The third-order valence-corrected chi connectivity index (χ3v) is 2.86. The number of nitrogens with zero attached hydrogens (tertiary/aromatic N) is 1. The van der Waals surface area contributed by atoms with Crippen molar-refractivity contribution in [1.29, 1.82) is 0 Å². The van der Waals surface area contributed by atoms with Gasteiger partial charge < -0.3 is 10.1 Å². The van der Waals surface area contributed by atoms with Gasteiger partial charge in [0.25, 0.3) is 5.91 Å². The molecule has 0 fully saturated rings. The highest BCUT2D eigenvalue weighted by molar-refractivity contribution is 5.96. The van der Waals surface area contributed by atoms with Gasteiger partial charge in [-0.1, -0.05) is 18.7 Å². The van der Waals surface area contributed by atoms with E-state index in [2.05, 4.69) is 26.8 Å². The number of rotatable bonds is 5. The molecule has 122 valence electrons. The zero-order valence-corrected chi connectivity index (χ0v) is 12.2. The SMILES string of the molecule is C=C(C)c1cc(CNC(=O)c2ccccc2OC(F)(F)F)[nH]n1. The number of nitrogens with one attached hydrogen (secondary N) is 2. The Bertz CT molecular complexity index is 723. The molecule has 5 nitrogen and oxygen atoms in total. The molecule has 2 aromatic rings. The van der Waals surface area contributed by atoms with Crippen molar-refractivity contribution in [2.75, 3.05) is 0 Å². The number of allylic oxidation sites excluding steroid dienone is 1. The van der Waals surface area contributed by atoms with Gasteiger partial charge in [0.05, 0.1) is 23.5 Å². The Morgan fingerprint density at radius 2 is 2.09 bits per heavy atom. The van der Waals surface area contributed by atoms with Crippen molar-refractivity contribution < 1.29 is 22.7 Å². The topological polar surface area (TPSA) is 67.0 Å². The van der Waals surface area contributed by atoms with Gasteiger partial charge in [-0.2, -0.15) is 5.10 Å². The van der Waals surface area contributed by atoms with E-state index in [1.54, 1.807) is 13.0 Å². The number of alkyl halides is 3. The van der Waals surface area contributed by atoms with E-state index in [9.17, 15) is 18.0 Å². The summed E-state index contributed by atoms with van der Waals surface area (Å²) < 4.78 is 40.9. The Labute approximate surface area is 130 Å². The number of amides is 1. The lowest BCUT2D eigenvalue weighted by atomic mass is 10.2. The third-order valence-electron chi connectivity index (χ3n) is 2.86. The first-order valence-electron chi connectivity index (χ1n) is 6.59. The number of halogens is 3. The molecule has 1 aromatic heterocycles. The Kier molecular flexibility index (Phi) is 4.73. The molecular formula is C15H14F3N3O2. The second-order valence-electron chi connectivity index (χ2n) is 4.79. The fourth-order valence-corrected chi connectivity index (χ4v) is 1.81. The predicted octanol–water partition coefficient (Wildman–Crippen LogP) is 3.27. The standard InChI is InChI=1S/C15H14F3N3O2/c1-9(2)12-7-10(20-21-12)8-19-14(22)11-5-3-4-6-13(11)23-15(16,17)18/h3-7H,1,8H2,2H3,(H,19,22)(H,20,21). The van der Waals surface area contributed by atoms with Gasteiger partial charge in [0.2, 0.25) is 0 Å². The van der Waals surface area contributed by atoms with Crippen molar-refractivity contribution in [3.8, 4) is 5.75 Å². The molecule has 1 aromatic carbocycles. The van der Waals surface area contributed by atoms with Crippen molar-refractivity contribution in [3.05, 3.63) is 53.9 Å². The van der Waals surface area contributed by atoms with Crippen LogP contribution in [0.1, 0.15) is 28.7 Å². The maximum Gasteiger partial charge on any atom is 0.573 e. The van der Waals surface area contributed by atoms with Gasteiger partial charge in [-0.25, -0.2) is 0 Å². The maximum atomic E-state index is 12.3. The van der Waals surface area contributed by atoms with E-state index in [1.807, 2.05) is 0 Å². The normalized spacial score (nSPS) is 11.1. The number of carbonyl (C=O) groups is 1. The van der Waals surface area contributed by atoms with Crippen LogP contribution in [0.4, 0.5) is 13.2 Å². The highest BCUT2D eigenvalue weighted by Gasteiger charge is 2.32. The molecule has 0 aliphatic heterocycles. The van der Waals surface area contributed by atoms with Gasteiger partial charge >= 0.3 is 6.36 Å². The number of carbonyl (C=O) groups excluding carboxylic acids is 1. The summed E-state index contributed by atoms with van der Waals surface area (Å²) in [6.45, 7) is 5.60. The quantitative estimate of drug-likeness (QED) is 0.886. The van der Waals surface area contributed by atoms with Crippen molar-refractivity contribution in [2.24, 2.45) is 0 Å². The Morgan fingerprint density at radius 1 is 1.39 bits per heavy atom. The molecule has 1 heterocycles. The summed E-state index contributed by atoms with van der Waals surface area (Å²) in [5.74, 6) is -1.24. The van der Waals surface area contributed by atoms with Crippen LogP contribution in [0, 0.1) is 0 Å². The molecule has 0 spiro atoms. The van der Waals surface area contributed by atoms with E-state index < -0.39 is 18.0 Å². The number of H-pyrrole nitrogens is 1. The minimum atomic E-state index is -4.86. The Morgan fingerprint density at radius 3 is 2.70 bits per heavy atom. The smallest absolute Gasteiger partial charge is 0.405 e. The minimum absolute atomic E-state index is 0.0828. The molecule has 0 unspecified atom stereocenters. The molecule has 8 heteroatoms. The summed E-state index contributed by atoms with van der Waals surface area (Å²) in [5.41, 5.74) is 1.80. The number of para-hydroxylation sites is 1. The lowest BCUT2D eigenvalue weighted by Crippen LogP contribution is -2.25. The van der Waals surface area contributed by atoms with E-state index in [1.165, 1.54) is 18.2 Å². The van der Waals surface area contributed by atoms with Crippen LogP contribution < -0.4 is 10.1 Å². The molecule has 2 N–H and O–H groups in total. The fourth-order valence-electron chi connectivity index (χ4n) is 1.81. The van der Waals surface area contributed by atoms with Crippen LogP contribution in [-0.4, -0.2) is 22.5 Å². The van der Waals surface area contributed by atoms with Gasteiger partial charge in [0.1, 0.15) is 5.75 Å². The summed E-state index contributed by atoms with van der Waals surface area (Å²) >= 11 is 0. The lowest BCUT2D eigenvalue weighted by molar-refractivity contribution is -0.274. The molecular weight excluding hydrogens is 311 g/mol. The first-order valence-corrected chi connectivity index (χ1v) is 6.59. The summed E-state index contributed by atoms with van der Waals surface area (Å²) in [6, 6.07) is 6.83. The van der Waals surface area contributed by atoms with Crippen molar-refractivity contribution in [3.63, 3.8) is 0 Å². The highest BCUT2D eigenvalue weighted by Crippen LogP contribution is 2.26. The van der Waals surface area contributed by atoms with Crippen LogP contribution in [0.25, 0.3) is 5.57 Å². The average Bonchev–Trinajstić information content (AvgIpc) is 2.93. The van der Waals surface area contributed by atoms with Gasteiger partial charge in [-0.3, -0.25) is 9.89 Å². The molecule has 0 atom stereocenters. The lowest BCUT2D eigenvalue weighted by Gasteiger charge is -2.12. The second-order valence-corrected chi connectivity index (χ2v) is 4.79. The zero-order chi connectivity index (χ0) is 17.0. The van der Waals surface area contributed by atoms with E-state index in [0.717, 1.165) is 11.6 Å². The molecule has 0 saturated carbocycles. The zero-order valence-electron chi connectivity index (χ0n) is 12.2. The fraction of sp³-hybridized carbons (Fsp3) is 0.200. The van der Waals surface area contributed by atoms with Crippen LogP contribution in [0.3, 0.4) is 0 Å². The van der Waals surface area contributed by atoms with Crippen LogP contribution in [0.2, 0.25) is 0 Å². The van der Waals surface area contributed by atoms with Crippen LogP contribution in [0.15, 0.2) is 36.9 Å². The molecule has 2 rings (SSSR count). The molecule has 0 radical (unpaired) electrons. The third kappa shape index (κ3) is 4.60. The van der Waals surface area contributed by atoms with Gasteiger partial charge in [-0.15, -0.1) is 13.2 Å². The number of ether oxygens (including phenoxy) is 1. The average molecular weight is 325 g/mol. The summed E-state index contributed by atoms with van der Waals surface area (Å²) in [6.07, 6.45) is -4.86. The molecule has 1 amide bonds. The predicted molar refractivity (Wildman–Crippen MR) is 77.6 cm³/mol. The largest absolute Gasteiger partial charge is 0.573 e. The molecule has 0 aliphatic carbocycles. The number of hydrogen-bond acceptors (Lipinski definition) is 3. The first kappa shape index (κ1) is 16.6. The molecule has 0 aliphatic rings. The Hall–Kier alpha value is -2.77. The van der Waals surface area contributed by atoms with E-state index >= 15 is 0 Å². The van der Waals surface area contributed by atoms with E-state index in [4.69, 9.17) is 0 Å². The number of benzene rings is 1. The van der Waals surface area contributed by atoms with Gasteiger partial charge in [-0.05, 0) is 30.7 Å². The van der Waals surface area contributed by atoms with E-state index in [0.29, 0.717) is 11.4 Å². The number of hydrogen-bond donors (Lipinski definition) is 2. The number of aromatic nitrogens is 2. The van der Waals surface area contributed by atoms with Crippen LogP contribution in [-0.2, 0) is 6.54 Å². The Balaban J connectivity index is 2.07. The van der Waals surface area contributed by atoms with Crippen molar-refractivity contribution >= 4 is 11.5 Å². The van der Waals surface area contributed by atoms with Crippen molar-refractivity contribution in [1.82, 2.24) is 15.5 Å². The van der Waals surface area contributed by atoms with Crippen LogP contribution in [0.5, 0.6) is 5.75 Å². The monoisotopic (exact) mass is 325 g/mol. The first-order chi connectivity index (χ1) is 10.8. The summed E-state index contributed by atoms with van der Waals surface area (Å²) in [4.78, 5) is 12.1. The van der Waals surface area contributed by atoms with Gasteiger partial charge in [0.15, 0.2) is 0 Å². The minimum Gasteiger partial charge on any atom is -0.405 e. The number of aromatic amines is 1. The highest BCUT2D eigenvalue weighted by atomic mass is 19.4. The molecule has 23 heavy (non-hydrogen) atoms.